The third-order valence-corrected chi connectivity index (χ3v) is 3.83. The normalized spacial score (nSPS) is 11.7. The molecule has 0 spiro atoms. The predicted octanol–water partition coefficient (Wildman–Crippen LogP) is 2.71. The van der Waals surface area contributed by atoms with Crippen LogP contribution in [0, 0.1) is 0 Å². The van der Waals surface area contributed by atoms with E-state index in [4.69, 9.17) is 4.74 Å². The first-order valence-electron chi connectivity index (χ1n) is 6.25. The number of aromatic nitrogens is 1. The number of amides is 2. The molecule has 2 rings (SSSR count). The zero-order valence-corrected chi connectivity index (χ0v) is 12.2. The van der Waals surface area contributed by atoms with Crippen molar-refractivity contribution in [3.05, 3.63) is 46.3 Å². The standard InChI is InChI=1S/C14H17N3O2S/c1-10(12-4-3-7-20-12)17-14(18)16-9-11-5-6-15-13(8-11)19-2/h3-8,10H,9H2,1-2H3,(H2,16,17,18)/t10-/m1/s1. The molecule has 0 aliphatic rings. The molecule has 0 unspecified atom stereocenters. The van der Waals surface area contributed by atoms with Crippen molar-refractivity contribution in [1.82, 2.24) is 15.6 Å². The van der Waals surface area contributed by atoms with Crippen molar-refractivity contribution in [2.45, 2.75) is 19.5 Å². The molecule has 0 saturated carbocycles. The summed E-state index contributed by atoms with van der Waals surface area (Å²) in [5.74, 6) is 0.539. The van der Waals surface area contributed by atoms with Gasteiger partial charge in [-0.1, -0.05) is 6.07 Å². The van der Waals surface area contributed by atoms with Gasteiger partial charge in [0, 0.05) is 23.7 Å². The molecule has 0 aliphatic heterocycles. The number of carbonyl (C=O) groups is 1. The average Bonchev–Trinajstić information content (AvgIpc) is 2.99. The summed E-state index contributed by atoms with van der Waals surface area (Å²) in [6, 6.07) is 7.42. The molecule has 0 radical (unpaired) electrons. The fraction of sp³-hybridized carbons (Fsp3) is 0.286. The third kappa shape index (κ3) is 3.96. The molecule has 2 heterocycles. The monoisotopic (exact) mass is 291 g/mol. The van der Waals surface area contributed by atoms with E-state index in [-0.39, 0.29) is 12.1 Å². The van der Waals surface area contributed by atoms with Gasteiger partial charge in [0.15, 0.2) is 0 Å². The summed E-state index contributed by atoms with van der Waals surface area (Å²) in [7, 11) is 1.56. The highest BCUT2D eigenvalue weighted by Gasteiger charge is 2.09. The molecule has 5 nitrogen and oxygen atoms in total. The van der Waals surface area contributed by atoms with Gasteiger partial charge in [-0.2, -0.15) is 0 Å². The number of nitrogens with one attached hydrogen (secondary N) is 2. The van der Waals surface area contributed by atoms with E-state index in [2.05, 4.69) is 15.6 Å². The fourth-order valence-corrected chi connectivity index (χ4v) is 2.45. The molecule has 0 saturated heterocycles. The molecule has 0 aliphatic carbocycles. The summed E-state index contributed by atoms with van der Waals surface area (Å²) in [5, 5.41) is 7.70. The van der Waals surface area contributed by atoms with Crippen LogP contribution < -0.4 is 15.4 Å². The van der Waals surface area contributed by atoms with E-state index in [1.165, 1.54) is 0 Å². The van der Waals surface area contributed by atoms with Crippen molar-refractivity contribution in [2.24, 2.45) is 0 Å². The Morgan fingerprint density at radius 1 is 1.50 bits per heavy atom. The Kier molecular flexibility index (Phi) is 4.95. The summed E-state index contributed by atoms with van der Waals surface area (Å²) in [4.78, 5) is 17.0. The van der Waals surface area contributed by atoms with Crippen molar-refractivity contribution in [2.75, 3.05) is 7.11 Å². The molecule has 0 aromatic carbocycles. The van der Waals surface area contributed by atoms with E-state index in [1.54, 1.807) is 30.7 Å². The highest BCUT2D eigenvalue weighted by molar-refractivity contribution is 7.10. The van der Waals surface area contributed by atoms with Crippen molar-refractivity contribution < 1.29 is 9.53 Å². The Balaban J connectivity index is 1.83. The van der Waals surface area contributed by atoms with Gasteiger partial charge in [-0.05, 0) is 30.0 Å². The predicted molar refractivity (Wildman–Crippen MR) is 78.9 cm³/mol. The van der Waals surface area contributed by atoms with E-state index in [1.807, 2.05) is 30.5 Å². The molecule has 106 valence electrons. The van der Waals surface area contributed by atoms with Crippen LogP contribution in [0.2, 0.25) is 0 Å². The molecule has 0 fully saturated rings. The van der Waals surface area contributed by atoms with E-state index < -0.39 is 0 Å². The van der Waals surface area contributed by atoms with Gasteiger partial charge in [0.05, 0.1) is 13.2 Å². The fourth-order valence-electron chi connectivity index (χ4n) is 1.71. The SMILES string of the molecule is COc1cc(CNC(=O)N[C@H](C)c2cccs2)ccn1. The number of rotatable bonds is 5. The van der Waals surface area contributed by atoms with E-state index in [0.717, 1.165) is 10.4 Å². The number of nitrogens with zero attached hydrogens (tertiary/aromatic N) is 1. The van der Waals surface area contributed by atoms with Crippen LogP contribution in [0.5, 0.6) is 5.88 Å². The van der Waals surface area contributed by atoms with Gasteiger partial charge in [-0.15, -0.1) is 11.3 Å². The van der Waals surface area contributed by atoms with Crippen LogP contribution in [0.15, 0.2) is 35.8 Å². The van der Waals surface area contributed by atoms with Gasteiger partial charge in [0.1, 0.15) is 0 Å². The second-order valence-corrected chi connectivity index (χ2v) is 5.25. The minimum absolute atomic E-state index is 0.00183. The first-order chi connectivity index (χ1) is 9.69. The lowest BCUT2D eigenvalue weighted by molar-refractivity contribution is 0.237. The minimum Gasteiger partial charge on any atom is -0.481 e. The Bertz CT molecular complexity index is 557. The van der Waals surface area contributed by atoms with Crippen LogP contribution in [-0.2, 0) is 6.54 Å². The largest absolute Gasteiger partial charge is 0.481 e. The van der Waals surface area contributed by atoms with E-state index in [0.29, 0.717) is 12.4 Å². The van der Waals surface area contributed by atoms with Gasteiger partial charge < -0.3 is 15.4 Å². The van der Waals surface area contributed by atoms with Crippen LogP contribution in [-0.4, -0.2) is 18.1 Å². The quantitative estimate of drug-likeness (QED) is 0.890. The molecule has 2 aromatic rings. The highest BCUT2D eigenvalue weighted by atomic mass is 32.1. The number of hydrogen-bond donors (Lipinski definition) is 2. The maximum absolute atomic E-state index is 11.8. The topological polar surface area (TPSA) is 63.2 Å². The van der Waals surface area contributed by atoms with Gasteiger partial charge in [-0.3, -0.25) is 0 Å². The van der Waals surface area contributed by atoms with Crippen molar-refractivity contribution >= 4 is 17.4 Å². The van der Waals surface area contributed by atoms with Gasteiger partial charge >= 0.3 is 6.03 Å². The lowest BCUT2D eigenvalue weighted by Gasteiger charge is -2.13. The highest BCUT2D eigenvalue weighted by Crippen LogP contribution is 2.17. The number of methoxy groups -OCH3 is 1. The van der Waals surface area contributed by atoms with Gasteiger partial charge in [0.25, 0.3) is 0 Å². The molecule has 1 atom stereocenters. The first-order valence-corrected chi connectivity index (χ1v) is 7.13. The van der Waals surface area contributed by atoms with Gasteiger partial charge in [0.2, 0.25) is 5.88 Å². The van der Waals surface area contributed by atoms with Crippen molar-refractivity contribution in [3.63, 3.8) is 0 Å². The molecule has 2 N–H and O–H groups in total. The second-order valence-electron chi connectivity index (χ2n) is 4.27. The number of carbonyl (C=O) groups excluding carboxylic acids is 1. The van der Waals surface area contributed by atoms with Crippen molar-refractivity contribution in [1.29, 1.82) is 0 Å². The summed E-state index contributed by atoms with van der Waals surface area (Å²) >= 11 is 1.63. The summed E-state index contributed by atoms with van der Waals surface area (Å²) in [5.41, 5.74) is 0.941. The van der Waals surface area contributed by atoms with Crippen LogP contribution in [0.3, 0.4) is 0 Å². The minimum atomic E-state index is -0.193. The zero-order valence-electron chi connectivity index (χ0n) is 11.4. The Hall–Kier alpha value is -2.08. The van der Waals surface area contributed by atoms with E-state index in [9.17, 15) is 4.79 Å². The molecule has 2 amide bonds. The number of hydrogen-bond acceptors (Lipinski definition) is 4. The number of urea groups is 1. The number of pyridine rings is 1. The lowest BCUT2D eigenvalue weighted by Crippen LogP contribution is -2.36. The summed E-state index contributed by atoms with van der Waals surface area (Å²) in [6.07, 6.45) is 1.65. The number of thiophene rings is 1. The van der Waals surface area contributed by atoms with Gasteiger partial charge in [-0.25, -0.2) is 9.78 Å². The first kappa shape index (κ1) is 14.3. The molecular weight excluding hydrogens is 274 g/mol. The maximum atomic E-state index is 11.8. The lowest BCUT2D eigenvalue weighted by atomic mass is 10.2. The Labute approximate surface area is 122 Å². The average molecular weight is 291 g/mol. The van der Waals surface area contributed by atoms with Crippen LogP contribution in [0.1, 0.15) is 23.4 Å². The molecule has 0 bridgehead atoms. The van der Waals surface area contributed by atoms with Crippen LogP contribution >= 0.6 is 11.3 Å². The summed E-state index contributed by atoms with van der Waals surface area (Å²) in [6.45, 7) is 2.39. The second kappa shape index (κ2) is 6.91. The third-order valence-electron chi connectivity index (χ3n) is 2.78. The Morgan fingerprint density at radius 2 is 2.35 bits per heavy atom. The van der Waals surface area contributed by atoms with Crippen LogP contribution in [0.4, 0.5) is 4.79 Å². The zero-order chi connectivity index (χ0) is 14.4. The molecule has 6 heteroatoms. The molecule has 20 heavy (non-hydrogen) atoms. The smallest absolute Gasteiger partial charge is 0.315 e. The Morgan fingerprint density at radius 3 is 3.05 bits per heavy atom. The van der Waals surface area contributed by atoms with Crippen LogP contribution in [0.25, 0.3) is 0 Å². The maximum Gasteiger partial charge on any atom is 0.315 e. The van der Waals surface area contributed by atoms with Crippen molar-refractivity contribution in [3.8, 4) is 5.88 Å². The number of ether oxygens (including phenoxy) is 1. The molecule has 2 aromatic heterocycles. The summed E-state index contributed by atoms with van der Waals surface area (Å²) < 4.78 is 5.04. The van der Waals surface area contributed by atoms with E-state index >= 15 is 0 Å². The molecular formula is C14H17N3O2S.